The quantitative estimate of drug-likeness (QED) is 0.847. The number of sulfone groups is 1. The Morgan fingerprint density at radius 3 is 2.68 bits per heavy atom. The van der Waals surface area contributed by atoms with E-state index < -0.39 is 15.9 Å². The molecule has 0 aromatic carbocycles. The first kappa shape index (κ1) is 13.7. The smallest absolute Gasteiger partial charge is 0.147 e. The molecule has 7 heteroatoms. The number of imidazole rings is 1. The second-order valence-corrected chi connectivity index (χ2v) is 6.70. The number of nitrogens with one attached hydrogen (secondary N) is 1. The average molecular weight is 280 g/mol. The van der Waals surface area contributed by atoms with Gasteiger partial charge in [0.25, 0.3) is 0 Å². The molecule has 2 heterocycles. The molecule has 6 nitrogen and oxygen atoms in total. The first-order chi connectivity index (χ1) is 8.96. The highest BCUT2D eigenvalue weighted by Crippen LogP contribution is 2.19. The van der Waals surface area contributed by atoms with Crippen LogP contribution in [0.2, 0.25) is 0 Å². The molecule has 0 saturated heterocycles. The van der Waals surface area contributed by atoms with E-state index in [9.17, 15) is 8.42 Å². The summed E-state index contributed by atoms with van der Waals surface area (Å²) in [6, 6.07) is 3.31. The van der Waals surface area contributed by atoms with E-state index >= 15 is 0 Å². The largest absolute Gasteiger partial charge is 0.341 e. The van der Waals surface area contributed by atoms with Crippen molar-refractivity contribution in [3.05, 3.63) is 36.5 Å². The number of nitrogens with two attached hydrogens (primary N) is 1. The van der Waals surface area contributed by atoms with Gasteiger partial charge in [0.15, 0.2) is 0 Å². The average Bonchev–Trinajstić information content (AvgIpc) is 2.86. The van der Waals surface area contributed by atoms with E-state index in [0.717, 1.165) is 11.3 Å². The molecule has 1 atom stereocenters. The Morgan fingerprint density at radius 2 is 2.05 bits per heavy atom. The highest BCUT2D eigenvalue weighted by atomic mass is 32.2. The van der Waals surface area contributed by atoms with E-state index in [1.54, 1.807) is 18.6 Å². The maximum atomic E-state index is 11.1. The summed E-state index contributed by atoms with van der Waals surface area (Å²) >= 11 is 0. The minimum atomic E-state index is -3.00. The van der Waals surface area contributed by atoms with Crippen LogP contribution >= 0.6 is 0 Å². The Kier molecular flexibility index (Phi) is 3.96. The molecule has 0 amide bonds. The third kappa shape index (κ3) is 3.87. The minimum absolute atomic E-state index is 0.0550. The van der Waals surface area contributed by atoms with Crippen LogP contribution in [0.1, 0.15) is 18.3 Å². The van der Waals surface area contributed by atoms with Gasteiger partial charge in [-0.15, -0.1) is 0 Å². The third-order valence-corrected chi connectivity index (χ3v) is 3.71. The normalized spacial score (nSPS) is 13.4. The molecular weight excluding hydrogens is 264 g/mol. The van der Waals surface area contributed by atoms with Crippen molar-refractivity contribution in [2.75, 3.05) is 12.0 Å². The van der Waals surface area contributed by atoms with Crippen LogP contribution in [0.15, 0.2) is 30.7 Å². The van der Waals surface area contributed by atoms with Crippen LogP contribution in [0.5, 0.6) is 0 Å². The first-order valence-corrected chi connectivity index (χ1v) is 7.90. The maximum Gasteiger partial charge on any atom is 0.147 e. The van der Waals surface area contributed by atoms with E-state index in [-0.39, 0.29) is 5.75 Å². The van der Waals surface area contributed by atoms with Gasteiger partial charge in [0, 0.05) is 24.2 Å². The van der Waals surface area contributed by atoms with Gasteiger partial charge in [0.2, 0.25) is 0 Å². The van der Waals surface area contributed by atoms with Gasteiger partial charge >= 0.3 is 0 Å². The molecule has 2 aromatic rings. The number of rotatable bonds is 5. The molecule has 2 rings (SSSR count). The summed E-state index contributed by atoms with van der Waals surface area (Å²) in [5, 5.41) is 0. The van der Waals surface area contributed by atoms with Gasteiger partial charge in [0.05, 0.1) is 23.7 Å². The molecule has 0 bridgehead atoms. The zero-order valence-electron chi connectivity index (χ0n) is 10.6. The lowest BCUT2D eigenvalue weighted by Gasteiger charge is -2.07. The van der Waals surface area contributed by atoms with Gasteiger partial charge in [-0.25, -0.2) is 13.4 Å². The van der Waals surface area contributed by atoms with Crippen molar-refractivity contribution in [3.63, 3.8) is 0 Å². The van der Waals surface area contributed by atoms with Crippen molar-refractivity contribution in [2.24, 2.45) is 5.73 Å². The van der Waals surface area contributed by atoms with E-state index in [1.807, 2.05) is 12.1 Å². The topological polar surface area (TPSA) is 102 Å². The fourth-order valence-electron chi connectivity index (χ4n) is 1.68. The second-order valence-electron chi connectivity index (χ2n) is 4.44. The van der Waals surface area contributed by atoms with Crippen molar-refractivity contribution in [2.45, 2.75) is 12.5 Å². The van der Waals surface area contributed by atoms with Gasteiger partial charge in [-0.05, 0) is 18.6 Å². The molecule has 0 aliphatic heterocycles. The van der Waals surface area contributed by atoms with Gasteiger partial charge < -0.3 is 10.7 Å². The lowest BCUT2D eigenvalue weighted by Crippen LogP contribution is -2.16. The number of nitrogens with zero attached hydrogens (tertiary/aromatic N) is 2. The Bertz CT molecular complexity index is 637. The summed E-state index contributed by atoms with van der Waals surface area (Å²) in [7, 11) is -3.00. The van der Waals surface area contributed by atoms with Crippen LogP contribution in [0, 0.1) is 0 Å². The molecule has 0 aliphatic rings. The molecule has 0 fully saturated rings. The number of aromatic nitrogens is 3. The molecule has 0 saturated carbocycles. The van der Waals surface area contributed by atoms with Crippen LogP contribution in [0.3, 0.4) is 0 Å². The molecule has 19 heavy (non-hydrogen) atoms. The minimum Gasteiger partial charge on any atom is -0.341 e. The molecule has 1 unspecified atom stereocenters. The molecule has 0 spiro atoms. The molecule has 0 aliphatic carbocycles. The Labute approximate surface area is 112 Å². The summed E-state index contributed by atoms with van der Waals surface area (Å²) in [6.07, 6.45) is 6.62. The van der Waals surface area contributed by atoms with Crippen LogP contribution in [-0.2, 0) is 9.84 Å². The van der Waals surface area contributed by atoms with Crippen molar-refractivity contribution < 1.29 is 8.42 Å². The molecule has 2 aromatic heterocycles. The first-order valence-electron chi connectivity index (χ1n) is 5.84. The van der Waals surface area contributed by atoms with Gasteiger partial charge in [-0.2, -0.15) is 0 Å². The molecule has 102 valence electrons. The van der Waals surface area contributed by atoms with Crippen LogP contribution in [0.4, 0.5) is 0 Å². The predicted molar refractivity (Wildman–Crippen MR) is 73.1 cm³/mol. The summed E-state index contributed by atoms with van der Waals surface area (Å²) in [5.74, 6) is 0.648. The highest BCUT2D eigenvalue weighted by molar-refractivity contribution is 7.90. The van der Waals surface area contributed by atoms with Crippen molar-refractivity contribution in [3.8, 4) is 11.3 Å². The number of H-pyrrole nitrogens is 1. The highest BCUT2D eigenvalue weighted by Gasteiger charge is 2.13. The van der Waals surface area contributed by atoms with Crippen LogP contribution in [-0.4, -0.2) is 35.4 Å². The number of pyridine rings is 1. The van der Waals surface area contributed by atoms with E-state index in [2.05, 4.69) is 15.0 Å². The SMILES string of the molecule is CS(=O)(=O)CCC(N)c1ncc(-c2ccncc2)[nH]1. The standard InChI is InChI=1S/C12H16N4O2S/c1-19(17,18)7-4-10(13)12-15-8-11(16-12)9-2-5-14-6-3-9/h2-3,5-6,8,10H,4,7,13H2,1H3,(H,15,16). The number of hydrogen-bond donors (Lipinski definition) is 2. The Balaban J connectivity index is 2.09. The lowest BCUT2D eigenvalue weighted by atomic mass is 10.2. The fourth-order valence-corrected chi connectivity index (χ4v) is 2.36. The van der Waals surface area contributed by atoms with Gasteiger partial charge in [0.1, 0.15) is 15.7 Å². The summed E-state index contributed by atoms with van der Waals surface area (Å²) in [4.78, 5) is 11.2. The summed E-state index contributed by atoms with van der Waals surface area (Å²) in [5.41, 5.74) is 7.73. The number of hydrogen-bond acceptors (Lipinski definition) is 5. The molecular formula is C12H16N4O2S. The second kappa shape index (κ2) is 5.50. The summed E-state index contributed by atoms with van der Waals surface area (Å²) < 4.78 is 22.2. The van der Waals surface area contributed by atoms with Crippen LogP contribution in [0.25, 0.3) is 11.3 Å². The number of aromatic amines is 1. The monoisotopic (exact) mass is 280 g/mol. The van der Waals surface area contributed by atoms with Crippen molar-refractivity contribution in [1.82, 2.24) is 15.0 Å². The molecule has 3 N–H and O–H groups in total. The van der Waals surface area contributed by atoms with Crippen LogP contribution < -0.4 is 5.73 Å². The maximum absolute atomic E-state index is 11.1. The lowest BCUT2D eigenvalue weighted by molar-refractivity contribution is 0.588. The van der Waals surface area contributed by atoms with E-state index in [0.29, 0.717) is 12.2 Å². The predicted octanol–water partition coefficient (Wildman–Crippen LogP) is 0.906. The van der Waals surface area contributed by atoms with Crippen molar-refractivity contribution >= 4 is 9.84 Å². The zero-order chi connectivity index (χ0) is 13.9. The fraction of sp³-hybridized carbons (Fsp3) is 0.333. The molecule has 0 radical (unpaired) electrons. The van der Waals surface area contributed by atoms with Crippen molar-refractivity contribution in [1.29, 1.82) is 0 Å². The van der Waals surface area contributed by atoms with Gasteiger partial charge in [-0.1, -0.05) is 0 Å². The zero-order valence-corrected chi connectivity index (χ0v) is 11.4. The third-order valence-electron chi connectivity index (χ3n) is 2.74. The van der Waals surface area contributed by atoms with E-state index in [1.165, 1.54) is 6.26 Å². The summed E-state index contributed by atoms with van der Waals surface area (Å²) in [6.45, 7) is 0. The van der Waals surface area contributed by atoms with E-state index in [4.69, 9.17) is 5.73 Å². The Morgan fingerprint density at radius 1 is 1.37 bits per heavy atom. The van der Waals surface area contributed by atoms with Gasteiger partial charge in [-0.3, -0.25) is 4.98 Å². The Hall–Kier alpha value is -1.73.